The van der Waals surface area contributed by atoms with Crippen LogP contribution in [0.15, 0.2) is 21.5 Å². The Morgan fingerprint density at radius 2 is 2.00 bits per heavy atom. The third kappa shape index (κ3) is 3.18. The number of nitrogens with two attached hydrogens (primary N) is 1. The smallest absolute Gasteiger partial charge is 0.243 e. The molecular weight excluding hydrogens is 340 g/mol. The first-order valence-electron chi connectivity index (χ1n) is 6.81. The summed E-state index contributed by atoms with van der Waals surface area (Å²) in [6, 6.07) is 3.32. The number of halogens is 1. The first-order valence-corrected chi connectivity index (χ1v) is 9.04. The quantitative estimate of drug-likeness (QED) is 0.820. The maximum Gasteiger partial charge on any atom is 0.243 e. The zero-order chi connectivity index (χ0) is 15.1. The lowest BCUT2D eigenvalue weighted by molar-refractivity contribution is 0.341. The van der Waals surface area contributed by atoms with E-state index in [0.717, 1.165) is 12.8 Å². The molecule has 0 aromatic heterocycles. The highest BCUT2D eigenvalue weighted by Gasteiger charge is 2.34. The van der Waals surface area contributed by atoms with Crippen LogP contribution in [0.1, 0.15) is 32.3 Å². The highest BCUT2D eigenvalue weighted by atomic mass is 79.9. The number of nitrogen functional groups attached to an aromatic ring is 1. The lowest BCUT2D eigenvalue weighted by Crippen LogP contribution is -2.38. The van der Waals surface area contributed by atoms with Crippen LogP contribution in [0, 0.1) is 12.8 Å². The Bertz CT molecular complexity index is 610. The number of benzene rings is 1. The van der Waals surface area contributed by atoms with E-state index in [1.165, 1.54) is 0 Å². The molecule has 4 nitrogen and oxygen atoms in total. The van der Waals surface area contributed by atoms with Crippen LogP contribution in [-0.2, 0) is 10.0 Å². The first kappa shape index (κ1) is 15.8. The second kappa shape index (κ2) is 5.66. The zero-order valence-corrected chi connectivity index (χ0v) is 14.5. The molecule has 0 atom stereocenters. The molecule has 1 fully saturated rings. The summed E-state index contributed by atoms with van der Waals surface area (Å²) in [6.07, 6.45) is 2.25. The van der Waals surface area contributed by atoms with Crippen LogP contribution in [-0.4, -0.2) is 25.3 Å². The van der Waals surface area contributed by atoms with Gasteiger partial charge in [-0.15, -0.1) is 0 Å². The van der Waals surface area contributed by atoms with Crippen LogP contribution in [0.4, 0.5) is 5.69 Å². The largest absolute Gasteiger partial charge is 0.398 e. The van der Waals surface area contributed by atoms with Gasteiger partial charge in [0, 0.05) is 22.7 Å². The molecule has 1 aliphatic carbocycles. The standard InChI is InChI=1S/C14H21BrN2O2S/c1-9(2)17(8-11-4-5-11)20(18,19)14-7-12(15)6-13(16)10(14)3/h6-7,9,11H,4-5,8,16H2,1-3H3. The van der Waals surface area contributed by atoms with Gasteiger partial charge in [-0.05, 0) is 57.2 Å². The predicted molar refractivity (Wildman–Crippen MR) is 85.0 cm³/mol. The van der Waals surface area contributed by atoms with Crippen molar-refractivity contribution in [2.24, 2.45) is 5.92 Å². The van der Waals surface area contributed by atoms with Crippen LogP contribution in [0.5, 0.6) is 0 Å². The van der Waals surface area contributed by atoms with E-state index in [1.807, 2.05) is 13.8 Å². The first-order chi connectivity index (χ1) is 9.23. The van der Waals surface area contributed by atoms with Gasteiger partial charge in [0.2, 0.25) is 10.0 Å². The summed E-state index contributed by atoms with van der Waals surface area (Å²) in [5.74, 6) is 0.511. The number of rotatable bonds is 5. The molecule has 20 heavy (non-hydrogen) atoms. The van der Waals surface area contributed by atoms with Crippen LogP contribution in [0.25, 0.3) is 0 Å². The minimum Gasteiger partial charge on any atom is -0.398 e. The molecule has 2 N–H and O–H groups in total. The SMILES string of the molecule is Cc1c(N)cc(Br)cc1S(=O)(=O)N(CC1CC1)C(C)C. The highest BCUT2D eigenvalue weighted by molar-refractivity contribution is 9.10. The summed E-state index contributed by atoms with van der Waals surface area (Å²) in [5.41, 5.74) is 7.01. The number of sulfonamides is 1. The zero-order valence-electron chi connectivity index (χ0n) is 12.1. The molecule has 0 unspecified atom stereocenters. The summed E-state index contributed by atoms with van der Waals surface area (Å²) >= 11 is 3.33. The third-order valence-electron chi connectivity index (χ3n) is 3.66. The summed E-state index contributed by atoms with van der Waals surface area (Å²) in [7, 11) is -3.51. The van der Waals surface area contributed by atoms with Crippen molar-refractivity contribution in [1.29, 1.82) is 0 Å². The molecule has 0 bridgehead atoms. The van der Waals surface area contributed by atoms with E-state index in [-0.39, 0.29) is 6.04 Å². The van der Waals surface area contributed by atoms with Crippen molar-refractivity contribution < 1.29 is 8.42 Å². The normalized spacial score (nSPS) is 16.1. The van der Waals surface area contributed by atoms with E-state index in [1.54, 1.807) is 23.4 Å². The second-order valence-corrected chi connectivity index (χ2v) is 8.50. The van der Waals surface area contributed by atoms with Gasteiger partial charge in [0.25, 0.3) is 0 Å². The van der Waals surface area contributed by atoms with Gasteiger partial charge >= 0.3 is 0 Å². The fourth-order valence-electron chi connectivity index (χ4n) is 2.21. The predicted octanol–water partition coefficient (Wildman–Crippen LogP) is 3.15. The number of nitrogens with zero attached hydrogens (tertiary/aromatic N) is 1. The van der Waals surface area contributed by atoms with Crippen molar-refractivity contribution in [2.75, 3.05) is 12.3 Å². The molecular formula is C14H21BrN2O2S. The Labute approximate surface area is 129 Å². The number of hydrogen-bond acceptors (Lipinski definition) is 3. The van der Waals surface area contributed by atoms with Crippen molar-refractivity contribution in [3.05, 3.63) is 22.2 Å². The third-order valence-corrected chi connectivity index (χ3v) is 6.29. The summed E-state index contributed by atoms with van der Waals surface area (Å²) in [6.45, 7) is 6.18. The molecule has 0 heterocycles. The number of hydrogen-bond donors (Lipinski definition) is 1. The molecule has 1 aliphatic rings. The molecule has 6 heteroatoms. The fourth-order valence-corrected chi connectivity index (χ4v) is 4.83. The molecule has 0 amide bonds. The summed E-state index contributed by atoms with van der Waals surface area (Å²) in [4.78, 5) is 0.304. The molecule has 1 aromatic carbocycles. The Hall–Kier alpha value is -0.590. The topological polar surface area (TPSA) is 63.4 Å². The molecule has 112 valence electrons. The van der Waals surface area contributed by atoms with Gasteiger partial charge in [-0.1, -0.05) is 15.9 Å². The van der Waals surface area contributed by atoms with Crippen molar-refractivity contribution >= 4 is 31.6 Å². The monoisotopic (exact) mass is 360 g/mol. The van der Waals surface area contributed by atoms with Crippen molar-refractivity contribution in [1.82, 2.24) is 4.31 Å². The van der Waals surface area contributed by atoms with Gasteiger partial charge in [0.1, 0.15) is 0 Å². The Morgan fingerprint density at radius 3 is 2.50 bits per heavy atom. The van der Waals surface area contributed by atoms with E-state index in [9.17, 15) is 8.42 Å². The Kier molecular flexibility index (Phi) is 4.47. The van der Waals surface area contributed by atoms with Gasteiger partial charge in [0.05, 0.1) is 4.90 Å². The average Bonchev–Trinajstić information content (AvgIpc) is 3.13. The van der Waals surface area contributed by atoms with E-state index in [2.05, 4.69) is 15.9 Å². The van der Waals surface area contributed by atoms with E-state index >= 15 is 0 Å². The second-order valence-electron chi connectivity index (χ2n) is 5.73. The molecule has 0 spiro atoms. The highest BCUT2D eigenvalue weighted by Crippen LogP contribution is 2.34. The van der Waals surface area contributed by atoms with E-state index in [4.69, 9.17) is 5.73 Å². The van der Waals surface area contributed by atoms with Crippen molar-refractivity contribution in [3.63, 3.8) is 0 Å². The minimum atomic E-state index is -3.51. The van der Waals surface area contributed by atoms with Crippen LogP contribution >= 0.6 is 15.9 Å². The minimum absolute atomic E-state index is 0.0554. The van der Waals surface area contributed by atoms with E-state index < -0.39 is 10.0 Å². The van der Waals surface area contributed by atoms with Crippen molar-refractivity contribution in [3.8, 4) is 0 Å². The molecule has 2 rings (SSSR count). The van der Waals surface area contributed by atoms with Gasteiger partial charge in [-0.3, -0.25) is 0 Å². The van der Waals surface area contributed by atoms with Crippen LogP contribution in [0.2, 0.25) is 0 Å². The average molecular weight is 361 g/mol. The maximum absolute atomic E-state index is 12.9. The lowest BCUT2D eigenvalue weighted by Gasteiger charge is -2.27. The maximum atomic E-state index is 12.9. The Morgan fingerprint density at radius 1 is 1.40 bits per heavy atom. The van der Waals surface area contributed by atoms with Crippen molar-refractivity contribution in [2.45, 2.75) is 44.6 Å². The summed E-state index contributed by atoms with van der Waals surface area (Å²) < 4.78 is 28.1. The molecule has 0 aliphatic heterocycles. The van der Waals surface area contributed by atoms with Gasteiger partial charge < -0.3 is 5.73 Å². The van der Waals surface area contributed by atoms with Gasteiger partial charge in [0.15, 0.2) is 0 Å². The molecule has 1 aromatic rings. The van der Waals surface area contributed by atoms with E-state index in [0.29, 0.717) is 33.1 Å². The number of anilines is 1. The van der Waals surface area contributed by atoms with Crippen LogP contribution < -0.4 is 5.73 Å². The molecule has 1 saturated carbocycles. The summed E-state index contributed by atoms with van der Waals surface area (Å²) in [5, 5.41) is 0. The fraction of sp³-hybridized carbons (Fsp3) is 0.571. The lowest BCUT2D eigenvalue weighted by atomic mass is 10.2. The Balaban J connectivity index is 2.46. The van der Waals surface area contributed by atoms with Gasteiger partial charge in [-0.25, -0.2) is 8.42 Å². The van der Waals surface area contributed by atoms with Crippen LogP contribution in [0.3, 0.4) is 0 Å². The molecule has 0 radical (unpaired) electrons. The van der Waals surface area contributed by atoms with Gasteiger partial charge in [-0.2, -0.15) is 4.31 Å². The molecule has 0 saturated heterocycles.